The largest absolute Gasteiger partial charge is 0.456 e. The van der Waals surface area contributed by atoms with Crippen LogP contribution in [-0.4, -0.2) is 9.97 Å². The zero-order chi connectivity index (χ0) is 40.5. The molecule has 0 fully saturated rings. The summed E-state index contributed by atoms with van der Waals surface area (Å²) in [6, 6.07) is 72.9. The summed E-state index contributed by atoms with van der Waals surface area (Å²) in [6.07, 6.45) is 1.92. The molecule has 3 heteroatoms. The van der Waals surface area contributed by atoms with Crippen molar-refractivity contribution in [2.45, 2.75) is 5.41 Å². The van der Waals surface area contributed by atoms with Gasteiger partial charge >= 0.3 is 0 Å². The fourth-order valence-corrected chi connectivity index (χ4v) is 11.0. The fraction of sp³-hybridized carbons (Fsp3) is 0.0169. The van der Waals surface area contributed by atoms with Gasteiger partial charge in [-0.05, 0) is 114 Å². The highest BCUT2D eigenvalue weighted by molar-refractivity contribution is 6.23. The van der Waals surface area contributed by atoms with Gasteiger partial charge in [0.1, 0.15) is 11.2 Å². The molecular weight excluding hydrogens is 753 g/mol. The Hall–Kier alpha value is -8.14. The molecule has 2 aliphatic rings. The third kappa shape index (κ3) is 4.49. The molecule has 0 bridgehead atoms. The molecule has 2 aliphatic carbocycles. The number of benzene rings is 10. The summed E-state index contributed by atoms with van der Waals surface area (Å²) in [6.45, 7) is 0. The first-order valence-corrected chi connectivity index (χ1v) is 21.3. The van der Waals surface area contributed by atoms with Crippen molar-refractivity contribution in [3.8, 4) is 55.8 Å². The number of hydrogen-bond donors (Lipinski definition) is 0. The zero-order valence-electron chi connectivity index (χ0n) is 33.4. The summed E-state index contributed by atoms with van der Waals surface area (Å²) in [4.78, 5) is 10.3. The molecule has 10 aromatic carbocycles. The minimum absolute atomic E-state index is 0.383. The van der Waals surface area contributed by atoms with Gasteiger partial charge in [0, 0.05) is 27.1 Å². The minimum atomic E-state index is -0.383. The maximum absolute atomic E-state index is 6.49. The Balaban J connectivity index is 0.884. The number of fused-ring (bicyclic) bond motifs is 19. The molecule has 2 heterocycles. The molecule has 0 saturated heterocycles. The third-order valence-corrected chi connectivity index (χ3v) is 13.7. The van der Waals surface area contributed by atoms with E-state index in [2.05, 4.69) is 200 Å². The van der Waals surface area contributed by atoms with Gasteiger partial charge in [0.25, 0.3) is 0 Å². The summed E-state index contributed by atoms with van der Waals surface area (Å²) in [7, 11) is 0. The molecule has 0 amide bonds. The Morgan fingerprint density at radius 2 is 0.790 bits per heavy atom. The number of hydrogen-bond acceptors (Lipinski definition) is 3. The molecule has 12 aromatic rings. The van der Waals surface area contributed by atoms with Crippen LogP contribution >= 0.6 is 0 Å². The molecule has 1 spiro atoms. The topological polar surface area (TPSA) is 38.9 Å². The van der Waals surface area contributed by atoms with E-state index < -0.39 is 0 Å². The lowest BCUT2D eigenvalue weighted by Gasteiger charge is -2.30. The van der Waals surface area contributed by atoms with Crippen LogP contribution in [0.2, 0.25) is 0 Å². The van der Waals surface area contributed by atoms with Gasteiger partial charge in [0.05, 0.1) is 28.3 Å². The van der Waals surface area contributed by atoms with Crippen molar-refractivity contribution < 1.29 is 4.42 Å². The quantitative estimate of drug-likeness (QED) is 0.167. The van der Waals surface area contributed by atoms with Crippen molar-refractivity contribution >= 4 is 54.5 Å². The van der Waals surface area contributed by atoms with Crippen molar-refractivity contribution in [1.29, 1.82) is 0 Å². The summed E-state index contributed by atoms with van der Waals surface area (Å²) in [5.74, 6) is 0. The highest BCUT2D eigenvalue weighted by Crippen LogP contribution is 2.63. The fourth-order valence-electron chi connectivity index (χ4n) is 11.0. The molecule has 0 N–H and O–H groups in total. The SMILES string of the molecule is c1cc(-c2ccc3oc4ccc(-c5ccc6c(c5)C5(c7ccccc7-c7ccccc75)c5ccccc5-6)cc4c3c2)cc(-c2cnc3c4ccccc4c4ccccc4c3n2)c1. The Morgan fingerprint density at radius 1 is 0.323 bits per heavy atom. The van der Waals surface area contributed by atoms with Gasteiger partial charge in [-0.15, -0.1) is 0 Å². The predicted octanol–water partition coefficient (Wildman–Crippen LogP) is 15.2. The molecule has 0 radical (unpaired) electrons. The van der Waals surface area contributed by atoms with Crippen LogP contribution in [0.4, 0.5) is 0 Å². The molecule has 0 aliphatic heterocycles. The summed E-state index contributed by atoms with van der Waals surface area (Å²) in [5, 5.41) is 6.82. The summed E-state index contributed by atoms with van der Waals surface area (Å²) in [5.41, 5.74) is 20.3. The van der Waals surface area contributed by atoms with E-state index in [9.17, 15) is 0 Å². The van der Waals surface area contributed by atoms with E-state index in [1.165, 1.54) is 60.8 Å². The molecule has 0 saturated carbocycles. The van der Waals surface area contributed by atoms with Crippen LogP contribution in [0.3, 0.4) is 0 Å². The van der Waals surface area contributed by atoms with Gasteiger partial charge < -0.3 is 4.42 Å². The first kappa shape index (κ1) is 33.7. The van der Waals surface area contributed by atoms with E-state index in [1.807, 2.05) is 6.20 Å². The van der Waals surface area contributed by atoms with Crippen molar-refractivity contribution in [2.24, 2.45) is 0 Å². The average Bonchev–Trinajstić information content (AvgIpc) is 3.97. The van der Waals surface area contributed by atoms with Gasteiger partial charge in [0.2, 0.25) is 0 Å². The average molecular weight is 787 g/mol. The Morgan fingerprint density at radius 3 is 1.40 bits per heavy atom. The number of aromatic nitrogens is 2. The Bertz CT molecular complexity index is 3790. The van der Waals surface area contributed by atoms with E-state index in [0.717, 1.165) is 71.7 Å². The number of nitrogens with zero attached hydrogens (tertiary/aromatic N) is 2. The van der Waals surface area contributed by atoms with E-state index >= 15 is 0 Å². The van der Waals surface area contributed by atoms with Crippen molar-refractivity contribution in [1.82, 2.24) is 9.97 Å². The van der Waals surface area contributed by atoms with Crippen LogP contribution in [0.25, 0.3) is 110 Å². The van der Waals surface area contributed by atoms with Crippen molar-refractivity contribution in [2.75, 3.05) is 0 Å². The smallest absolute Gasteiger partial charge is 0.135 e. The van der Waals surface area contributed by atoms with Crippen molar-refractivity contribution in [3.63, 3.8) is 0 Å². The molecule has 14 rings (SSSR count). The molecule has 0 unspecified atom stereocenters. The van der Waals surface area contributed by atoms with Crippen molar-refractivity contribution in [3.05, 3.63) is 229 Å². The second kappa shape index (κ2) is 12.4. The zero-order valence-corrected chi connectivity index (χ0v) is 33.4. The predicted molar refractivity (Wildman–Crippen MR) is 254 cm³/mol. The van der Waals surface area contributed by atoms with Gasteiger partial charge in [-0.1, -0.05) is 164 Å². The van der Waals surface area contributed by atoms with E-state index in [1.54, 1.807) is 0 Å². The summed E-state index contributed by atoms with van der Waals surface area (Å²) >= 11 is 0. The lowest BCUT2D eigenvalue weighted by molar-refractivity contribution is 0.669. The molecule has 62 heavy (non-hydrogen) atoms. The maximum Gasteiger partial charge on any atom is 0.135 e. The van der Waals surface area contributed by atoms with Gasteiger partial charge in [0.15, 0.2) is 0 Å². The van der Waals surface area contributed by atoms with E-state index in [0.29, 0.717) is 0 Å². The van der Waals surface area contributed by atoms with Crippen LogP contribution in [-0.2, 0) is 5.41 Å². The number of rotatable bonds is 3. The van der Waals surface area contributed by atoms with Gasteiger partial charge in [-0.2, -0.15) is 0 Å². The maximum atomic E-state index is 6.49. The highest BCUT2D eigenvalue weighted by atomic mass is 16.3. The van der Waals surface area contributed by atoms with Crippen LogP contribution in [0.1, 0.15) is 22.3 Å². The molecule has 3 nitrogen and oxygen atoms in total. The van der Waals surface area contributed by atoms with E-state index in [4.69, 9.17) is 14.4 Å². The minimum Gasteiger partial charge on any atom is -0.456 e. The second-order valence-corrected chi connectivity index (χ2v) is 16.8. The Labute approximate surface area is 357 Å². The van der Waals surface area contributed by atoms with E-state index in [-0.39, 0.29) is 5.41 Å². The second-order valence-electron chi connectivity index (χ2n) is 16.8. The molecule has 286 valence electrons. The molecule has 0 atom stereocenters. The van der Waals surface area contributed by atoms with Crippen LogP contribution in [0.15, 0.2) is 211 Å². The monoisotopic (exact) mass is 786 g/mol. The van der Waals surface area contributed by atoms with Gasteiger partial charge in [-0.3, -0.25) is 4.98 Å². The third-order valence-electron chi connectivity index (χ3n) is 13.7. The lowest BCUT2D eigenvalue weighted by atomic mass is 9.70. The first-order valence-electron chi connectivity index (χ1n) is 21.3. The Kier molecular flexibility index (Phi) is 6.76. The first-order chi connectivity index (χ1) is 30.7. The standard InChI is InChI=1S/C59H34N2O/c1-3-19-46-40(14-1)41-15-2-4-20-47(41)58-57(46)60-34-54(61-58)39-13-11-12-35(30-39)36-25-28-55-48(31-36)49-32-37(26-29-56(49)62-55)38-24-27-45-44-18-7-10-23-52(44)59(53(45)33-38)50-21-8-5-16-42(50)43-17-6-9-22-51(43)59/h1-34H. The molecule has 2 aromatic heterocycles. The van der Waals surface area contributed by atoms with Crippen LogP contribution in [0, 0.1) is 0 Å². The normalized spacial score (nSPS) is 13.3. The van der Waals surface area contributed by atoms with Crippen LogP contribution in [0.5, 0.6) is 0 Å². The van der Waals surface area contributed by atoms with Crippen LogP contribution < -0.4 is 0 Å². The van der Waals surface area contributed by atoms with Gasteiger partial charge in [-0.25, -0.2) is 4.98 Å². The lowest BCUT2D eigenvalue weighted by Crippen LogP contribution is -2.25. The summed E-state index contributed by atoms with van der Waals surface area (Å²) < 4.78 is 6.49. The molecular formula is C59H34N2O. The highest BCUT2D eigenvalue weighted by Gasteiger charge is 2.51. The number of furan rings is 1.